The molecule has 1 aliphatic heterocycles. The van der Waals surface area contributed by atoms with Gasteiger partial charge < -0.3 is 15.4 Å². The fourth-order valence-electron chi connectivity index (χ4n) is 3.04. The minimum absolute atomic E-state index is 0. The lowest BCUT2D eigenvalue weighted by atomic mass is 10.0. The predicted molar refractivity (Wildman–Crippen MR) is 118 cm³/mol. The second kappa shape index (κ2) is 12.1. The van der Waals surface area contributed by atoms with Crippen LogP contribution in [0.5, 0.6) is 0 Å². The van der Waals surface area contributed by atoms with E-state index >= 15 is 0 Å². The van der Waals surface area contributed by atoms with E-state index in [2.05, 4.69) is 34.4 Å². The summed E-state index contributed by atoms with van der Waals surface area (Å²) in [5.41, 5.74) is 1.06. The summed E-state index contributed by atoms with van der Waals surface area (Å²) in [6.07, 6.45) is 0. The fourth-order valence-corrected chi connectivity index (χ4v) is 3.04. The van der Waals surface area contributed by atoms with Crippen molar-refractivity contribution in [2.24, 2.45) is 10.9 Å². The monoisotopic (exact) mass is 491 g/mol. The molecule has 1 unspecified atom stereocenters. The zero-order valence-corrected chi connectivity index (χ0v) is 18.5. The first-order valence-corrected chi connectivity index (χ1v) is 9.01. The second-order valence-electron chi connectivity index (χ2n) is 6.69. The molecule has 1 aromatic carbocycles. The van der Waals surface area contributed by atoms with E-state index in [1.807, 2.05) is 0 Å². The van der Waals surface area contributed by atoms with Gasteiger partial charge in [0.2, 0.25) is 0 Å². The van der Waals surface area contributed by atoms with Crippen LogP contribution in [0.25, 0.3) is 0 Å². The molecule has 0 radical (unpaired) electrons. The molecule has 2 N–H and O–H groups in total. The van der Waals surface area contributed by atoms with Gasteiger partial charge >= 0.3 is 0 Å². The Hall–Kier alpha value is -1.46. The highest BCUT2D eigenvalue weighted by atomic mass is 127. The number of ether oxygens (including phenoxy) is 1. The van der Waals surface area contributed by atoms with Crippen LogP contribution < -0.4 is 10.6 Å². The van der Waals surface area contributed by atoms with Gasteiger partial charge in [0.25, 0.3) is 5.69 Å². The molecule has 8 nitrogen and oxygen atoms in total. The standard InChI is InChI=1S/C18H29N5O3.HI/c1-14(2)17(22-8-10-26-11-9-22)13-21-18(19-3)20-12-15-4-6-16(7-5-15)23(24)25;/h4-7,14,17H,8-13H2,1-3H3,(H2,19,20,21);1H. The number of hydrogen-bond acceptors (Lipinski definition) is 5. The number of non-ortho nitro benzene ring substituents is 1. The van der Waals surface area contributed by atoms with Crippen LogP contribution in [0.1, 0.15) is 19.4 Å². The van der Waals surface area contributed by atoms with Crippen LogP contribution >= 0.6 is 24.0 Å². The fraction of sp³-hybridized carbons (Fsp3) is 0.611. The first kappa shape index (κ1) is 23.6. The van der Waals surface area contributed by atoms with E-state index in [9.17, 15) is 10.1 Å². The molecule has 0 spiro atoms. The number of nitrogens with zero attached hydrogens (tertiary/aromatic N) is 3. The summed E-state index contributed by atoms with van der Waals surface area (Å²) in [7, 11) is 1.74. The van der Waals surface area contributed by atoms with Crippen LogP contribution in [0.3, 0.4) is 0 Å². The molecule has 0 saturated carbocycles. The smallest absolute Gasteiger partial charge is 0.269 e. The molecule has 152 valence electrons. The largest absolute Gasteiger partial charge is 0.379 e. The summed E-state index contributed by atoms with van der Waals surface area (Å²) < 4.78 is 5.45. The van der Waals surface area contributed by atoms with Gasteiger partial charge in [0.05, 0.1) is 18.1 Å². The van der Waals surface area contributed by atoms with Gasteiger partial charge in [-0.2, -0.15) is 0 Å². The Balaban J connectivity index is 0.00000364. The summed E-state index contributed by atoms with van der Waals surface area (Å²) in [5, 5.41) is 17.4. The van der Waals surface area contributed by atoms with Gasteiger partial charge in [0, 0.05) is 51.4 Å². The van der Waals surface area contributed by atoms with Crippen LogP contribution in [0.4, 0.5) is 5.69 Å². The van der Waals surface area contributed by atoms with Gasteiger partial charge in [0.15, 0.2) is 5.96 Å². The molecule has 1 aliphatic rings. The molecule has 1 heterocycles. The Bertz CT molecular complexity index is 604. The Labute approximate surface area is 177 Å². The normalized spacial score (nSPS) is 16.5. The zero-order chi connectivity index (χ0) is 18.9. The van der Waals surface area contributed by atoms with Crippen molar-refractivity contribution in [1.82, 2.24) is 15.5 Å². The van der Waals surface area contributed by atoms with E-state index in [-0.39, 0.29) is 29.7 Å². The molecule has 1 aromatic rings. The zero-order valence-electron chi connectivity index (χ0n) is 16.2. The first-order chi connectivity index (χ1) is 12.5. The lowest BCUT2D eigenvalue weighted by Gasteiger charge is -2.37. The minimum Gasteiger partial charge on any atom is -0.379 e. The van der Waals surface area contributed by atoms with E-state index < -0.39 is 4.92 Å². The average Bonchev–Trinajstić information content (AvgIpc) is 2.65. The van der Waals surface area contributed by atoms with E-state index in [4.69, 9.17) is 4.74 Å². The van der Waals surface area contributed by atoms with E-state index in [1.165, 1.54) is 12.1 Å². The molecule has 1 fully saturated rings. The van der Waals surface area contributed by atoms with Crippen molar-refractivity contribution in [3.05, 3.63) is 39.9 Å². The van der Waals surface area contributed by atoms with Gasteiger partial charge in [-0.1, -0.05) is 26.0 Å². The summed E-state index contributed by atoms with van der Waals surface area (Å²) in [5.74, 6) is 1.25. The number of hydrogen-bond donors (Lipinski definition) is 2. The third-order valence-corrected chi connectivity index (χ3v) is 4.59. The van der Waals surface area contributed by atoms with Gasteiger partial charge in [-0.15, -0.1) is 24.0 Å². The molecular weight excluding hydrogens is 461 g/mol. The van der Waals surface area contributed by atoms with Crippen molar-refractivity contribution in [2.75, 3.05) is 39.9 Å². The lowest BCUT2D eigenvalue weighted by Crippen LogP contribution is -2.52. The van der Waals surface area contributed by atoms with Crippen molar-refractivity contribution in [3.63, 3.8) is 0 Å². The van der Waals surface area contributed by atoms with Gasteiger partial charge in [-0.05, 0) is 11.5 Å². The minimum atomic E-state index is -0.393. The number of nitro groups is 1. The van der Waals surface area contributed by atoms with Gasteiger partial charge in [-0.3, -0.25) is 20.0 Å². The Morgan fingerprint density at radius 2 is 1.89 bits per heavy atom. The van der Waals surface area contributed by atoms with Crippen molar-refractivity contribution in [3.8, 4) is 0 Å². The van der Waals surface area contributed by atoms with Crippen molar-refractivity contribution in [1.29, 1.82) is 0 Å². The number of guanidine groups is 1. The van der Waals surface area contributed by atoms with Crippen molar-refractivity contribution >= 4 is 35.6 Å². The maximum atomic E-state index is 10.7. The highest BCUT2D eigenvalue weighted by Crippen LogP contribution is 2.13. The molecule has 0 aromatic heterocycles. The Morgan fingerprint density at radius 3 is 2.41 bits per heavy atom. The quantitative estimate of drug-likeness (QED) is 0.200. The molecule has 1 atom stereocenters. The maximum absolute atomic E-state index is 10.7. The van der Waals surface area contributed by atoms with E-state index in [0.29, 0.717) is 18.5 Å². The lowest BCUT2D eigenvalue weighted by molar-refractivity contribution is -0.384. The van der Waals surface area contributed by atoms with Gasteiger partial charge in [0.1, 0.15) is 0 Å². The number of morpholine rings is 1. The van der Waals surface area contributed by atoms with Crippen molar-refractivity contribution < 1.29 is 9.66 Å². The van der Waals surface area contributed by atoms with Crippen LogP contribution in [0.15, 0.2) is 29.3 Å². The SMILES string of the molecule is CN=C(NCc1ccc([N+](=O)[O-])cc1)NCC(C(C)C)N1CCOCC1.I. The molecule has 1 saturated heterocycles. The predicted octanol–water partition coefficient (Wildman–Crippen LogP) is 2.23. The molecular formula is C18H30IN5O3. The van der Waals surface area contributed by atoms with Crippen molar-refractivity contribution in [2.45, 2.75) is 26.4 Å². The molecule has 9 heteroatoms. The first-order valence-electron chi connectivity index (χ1n) is 9.01. The third kappa shape index (κ3) is 7.59. The molecule has 2 rings (SSSR count). The van der Waals surface area contributed by atoms with Crippen LogP contribution in [-0.4, -0.2) is 61.7 Å². The number of halogens is 1. The Kier molecular flexibility index (Phi) is 10.6. The molecule has 27 heavy (non-hydrogen) atoms. The van der Waals surface area contributed by atoms with Crippen LogP contribution in [0, 0.1) is 16.0 Å². The average molecular weight is 491 g/mol. The second-order valence-corrected chi connectivity index (χ2v) is 6.69. The number of nitro benzene ring substituents is 1. The number of benzene rings is 1. The molecule has 0 aliphatic carbocycles. The summed E-state index contributed by atoms with van der Waals surface area (Å²) >= 11 is 0. The van der Waals surface area contributed by atoms with E-state index in [1.54, 1.807) is 19.2 Å². The molecule has 0 bridgehead atoms. The summed E-state index contributed by atoms with van der Waals surface area (Å²) in [6.45, 7) is 9.31. The number of nitrogens with one attached hydrogen (secondary N) is 2. The highest BCUT2D eigenvalue weighted by Gasteiger charge is 2.23. The number of aliphatic imine (C=N–C) groups is 1. The third-order valence-electron chi connectivity index (χ3n) is 4.59. The maximum Gasteiger partial charge on any atom is 0.269 e. The summed E-state index contributed by atoms with van der Waals surface area (Å²) in [4.78, 5) is 17.0. The highest BCUT2D eigenvalue weighted by molar-refractivity contribution is 14.0. The Morgan fingerprint density at radius 1 is 1.26 bits per heavy atom. The summed E-state index contributed by atoms with van der Waals surface area (Å²) in [6, 6.07) is 6.95. The van der Waals surface area contributed by atoms with Gasteiger partial charge in [-0.25, -0.2) is 0 Å². The van der Waals surface area contributed by atoms with Crippen LogP contribution in [-0.2, 0) is 11.3 Å². The molecule has 0 amide bonds. The van der Waals surface area contributed by atoms with E-state index in [0.717, 1.165) is 44.4 Å². The topological polar surface area (TPSA) is 92.0 Å². The number of rotatable bonds is 7. The van der Waals surface area contributed by atoms with Crippen LogP contribution in [0.2, 0.25) is 0 Å².